The second-order valence-corrected chi connectivity index (χ2v) is 4.25. The molecule has 1 saturated carbocycles. The number of Topliss-reactive ketones (excluding diaryl/α,β-unsaturated/α-hetero) is 1. The van der Waals surface area contributed by atoms with E-state index >= 15 is 0 Å². The van der Waals surface area contributed by atoms with Crippen LogP contribution >= 0.6 is 0 Å². The van der Waals surface area contributed by atoms with E-state index in [1.807, 2.05) is 6.92 Å². The highest BCUT2D eigenvalue weighted by atomic mass is 16.1. The zero-order chi connectivity index (χ0) is 10.4. The third kappa shape index (κ3) is 3.41. The van der Waals surface area contributed by atoms with Crippen LogP contribution in [-0.2, 0) is 4.79 Å². The van der Waals surface area contributed by atoms with Crippen LogP contribution in [0.25, 0.3) is 0 Å². The van der Waals surface area contributed by atoms with Gasteiger partial charge in [0, 0.05) is 12.5 Å². The first-order valence-electron chi connectivity index (χ1n) is 6.03. The molecule has 0 aromatic rings. The van der Waals surface area contributed by atoms with Crippen molar-refractivity contribution in [1.82, 2.24) is 4.90 Å². The van der Waals surface area contributed by atoms with Crippen LogP contribution in [0, 0.1) is 0 Å². The third-order valence-electron chi connectivity index (χ3n) is 3.27. The first-order valence-corrected chi connectivity index (χ1v) is 6.03. The molecule has 0 aromatic carbocycles. The fraction of sp³-hybridized carbons (Fsp3) is 0.917. The van der Waals surface area contributed by atoms with Crippen molar-refractivity contribution >= 4 is 5.78 Å². The maximum Gasteiger partial charge on any atom is 0.146 e. The molecule has 0 radical (unpaired) electrons. The molecule has 0 unspecified atom stereocenters. The lowest BCUT2D eigenvalue weighted by molar-refractivity contribution is -0.120. The van der Waals surface area contributed by atoms with Gasteiger partial charge in [-0.25, -0.2) is 0 Å². The van der Waals surface area contributed by atoms with Gasteiger partial charge in [-0.05, 0) is 19.4 Å². The lowest BCUT2D eigenvalue weighted by Gasteiger charge is -2.32. The van der Waals surface area contributed by atoms with E-state index in [9.17, 15) is 4.79 Å². The van der Waals surface area contributed by atoms with Crippen LogP contribution in [0.5, 0.6) is 0 Å². The highest BCUT2D eigenvalue weighted by Gasteiger charge is 2.20. The molecule has 0 atom stereocenters. The summed E-state index contributed by atoms with van der Waals surface area (Å²) in [7, 11) is 0. The highest BCUT2D eigenvalue weighted by Crippen LogP contribution is 2.22. The van der Waals surface area contributed by atoms with Gasteiger partial charge in [-0.3, -0.25) is 9.69 Å². The maximum absolute atomic E-state index is 11.4. The number of ketones is 1. The molecule has 1 rings (SSSR count). The molecule has 0 aromatic heterocycles. The van der Waals surface area contributed by atoms with Crippen LogP contribution in [0.15, 0.2) is 0 Å². The van der Waals surface area contributed by atoms with E-state index in [4.69, 9.17) is 0 Å². The molecule has 0 bridgehead atoms. The Balaban J connectivity index is 2.39. The number of nitrogens with zero attached hydrogens (tertiary/aromatic N) is 1. The summed E-state index contributed by atoms with van der Waals surface area (Å²) in [5, 5.41) is 0. The molecule has 0 spiro atoms. The minimum Gasteiger partial charge on any atom is -0.298 e. The normalized spacial score (nSPS) is 18.8. The Morgan fingerprint density at radius 1 is 1.21 bits per heavy atom. The SMILES string of the molecule is CCC(=O)CN(CC)C1CCCCC1. The van der Waals surface area contributed by atoms with Crippen LogP contribution in [0.3, 0.4) is 0 Å². The van der Waals surface area contributed by atoms with Gasteiger partial charge in [0.1, 0.15) is 5.78 Å². The van der Waals surface area contributed by atoms with E-state index in [0.717, 1.165) is 6.54 Å². The lowest BCUT2D eigenvalue weighted by Crippen LogP contribution is -2.39. The molecule has 0 heterocycles. The Hall–Kier alpha value is -0.370. The number of hydrogen-bond acceptors (Lipinski definition) is 2. The van der Waals surface area contributed by atoms with E-state index < -0.39 is 0 Å². The van der Waals surface area contributed by atoms with E-state index in [2.05, 4.69) is 11.8 Å². The van der Waals surface area contributed by atoms with Gasteiger partial charge < -0.3 is 0 Å². The van der Waals surface area contributed by atoms with Crippen molar-refractivity contribution in [3.05, 3.63) is 0 Å². The molecular formula is C12H23NO. The molecule has 14 heavy (non-hydrogen) atoms. The molecule has 1 aliphatic rings. The molecule has 82 valence electrons. The smallest absolute Gasteiger partial charge is 0.146 e. The van der Waals surface area contributed by atoms with Crippen molar-refractivity contribution in [2.45, 2.75) is 58.4 Å². The molecule has 0 N–H and O–H groups in total. The predicted molar refractivity (Wildman–Crippen MR) is 59.4 cm³/mol. The largest absolute Gasteiger partial charge is 0.298 e. The molecule has 1 fully saturated rings. The second kappa shape index (κ2) is 6.18. The van der Waals surface area contributed by atoms with Gasteiger partial charge in [0.15, 0.2) is 0 Å². The van der Waals surface area contributed by atoms with Crippen LogP contribution in [-0.4, -0.2) is 29.8 Å². The Labute approximate surface area is 87.7 Å². The monoisotopic (exact) mass is 197 g/mol. The standard InChI is InChI=1S/C12H23NO/c1-3-12(14)10-13(4-2)11-8-6-5-7-9-11/h11H,3-10H2,1-2H3. The Kier molecular flexibility index (Phi) is 5.16. The number of carbonyl (C=O) groups is 1. The van der Waals surface area contributed by atoms with E-state index in [-0.39, 0.29) is 0 Å². The molecular weight excluding hydrogens is 174 g/mol. The summed E-state index contributed by atoms with van der Waals surface area (Å²) in [6, 6.07) is 0.684. The summed E-state index contributed by atoms with van der Waals surface area (Å²) in [6.45, 7) is 5.82. The van der Waals surface area contributed by atoms with Gasteiger partial charge in [-0.15, -0.1) is 0 Å². The number of hydrogen-bond donors (Lipinski definition) is 0. The van der Waals surface area contributed by atoms with Crippen molar-refractivity contribution in [2.24, 2.45) is 0 Å². The minimum atomic E-state index is 0.387. The number of carbonyl (C=O) groups excluding carboxylic acids is 1. The van der Waals surface area contributed by atoms with Crippen molar-refractivity contribution in [3.63, 3.8) is 0 Å². The summed E-state index contributed by atoms with van der Waals surface area (Å²) in [5.74, 6) is 0.387. The van der Waals surface area contributed by atoms with Crippen LogP contribution in [0.1, 0.15) is 52.4 Å². The number of likely N-dealkylation sites (N-methyl/N-ethyl adjacent to an activating group) is 1. The van der Waals surface area contributed by atoms with Crippen LogP contribution < -0.4 is 0 Å². The number of rotatable bonds is 5. The zero-order valence-electron chi connectivity index (χ0n) is 9.59. The lowest BCUT2D eigenvalue weighted by atomic mass is 9.94. The zero-order valence-corrected chi connectivity index (χ0v) is 9.59. The van der Waals surface area contributed by atoms with E-state index in [1.165, 1.54) is 32.1 Å². The van der Waals surface area contributed by atoms with Gasteiger partial charge in [-0.2, -0.15) is 0 Å². The highest BCUT2D eigenvalue weighted by molar-refractivity contribution is 5.80. The second-order valence-electron chi connectivity index (χ2n) is 4.25. The Bertz CT molecular complexity index is 173. The fourth-order valence-electron chi connectivity index (χ4n) is 2.28. The summed E-state index contributed by atoms with van der Waals surface area (Å²) in [6.07, 6.45) is 7.36. The molecule has 0 amide bonds. The predicted octanol–water partition coefficient (Wildman–Crippen LogP) is 2.62. The first kappa shape index (κ1) is 11.7. The van der Waals surface area contributed by atoms with Gasteiger partial charge in [-0.1, -0.05) is 33.1 Å². The van der Waals surface area contributed by atoms with E-state index in [1.54, 1.807) is 0 Å². The van der Waals surface area contributed by atoms with Crippen molar-refractivity contribution in [3.8, 4) is 0 Å². The van der Waals surface area contributed by atoms with Crippen LogP contribution in [0.2, 0.25) is 0 Å². The Morgan fingerprint density at radius 3 is 2.36 bits per heavy atom. The van der Waals surface area contributed by atoms with Gasteiger partial charge in [0.2, 0.25) is 0 Å². The summed E-state index contributed by atoms with van der Waals surface area (Å²) < 4.78 is 0. The average molecular weight is 197 g/mol. The quantitative estimate of drug-likeness (QED) is 0.675. The van der Waals surface area contributed by atoms with Crippen molar-refractivity contribution in [2.75, 3.05) is 13.1 Å². The minimum absolute atomic E-state index is 0.387. The topological polar surface area (TPSA) is 20.3 Å². The molecule has 0 aliphatic heterocycles. The molecule has 2 heteroatoms. The first-order chi connectivity index (χ1) is 6.77. The third-order valence-corrected chi connectivity index (χ3v) is 3.27. The summed E-state index contributed by atoms with van der Waals surface area (Å²) in [5.41, 5.74) is 0. The summed E-state index contributed by atoms with van der Waals surface area (Å²) in [4.78, 5) is 13.7. The van der Waals surface area contributed by atoms with Crippen molar-refractivity contribution < 1.29 is 4.79 Å². The van der Waals surface area contributed by atoms with E-state index in [0.29, 0.717) is 24.8 Å². The average Bonchev–Trinajstić information content (AvgIpc) is 2.26. The molecule has 2 nitrogen and oxygen atoms in total. The van der Waals surface area contributed by atoms with Crippen LogP contribution in [0.4, 0.5) is 0 Å². The molecule has 0 saturated heterocycles. The molecule has 1 aliphatic carbocycles. The summed E-state index contributed by atoms with van der Waals surface area (Å²) >= 11 is 0. The van der Waals surface area contributed by atoms with Crippen molar-refractivity contribution in [1.29, 1.82) is 0 Å². The van der Waals surface area contributed by atoms with Gasteiger partial charge >= 0.3 is 0 Å². The van der Waals surface area contributed by atoms with Gasteiger partial charge in [0.25, 0.3) is 0 Å². The Morgan fingerprint density at radius 2 is 1.86 bits per heavy atom. The van der Waals surface area contributed by atoms with Gasteiger partial charge in [0.05, 0.1) is 6.54 Å². The fourth-order valence-corrected chi connectivity index (χ4v) is 2.28. The maximum atomic E-state index is 11.4.